The fourth-order valence-corrected chi connectivity index (χ4v) is 3.87. The van der Waals surface area contributed by atoms with E-state index >= 15 is 0 Å². The van der Waals surface area contributed by atoms with E-state index in [2.05, 4.69) is 21.6 Å². The largest absolute Gasteiger partial charge is 0.344 e. The molecule has 2 aromatic heterocycles. The molecule has 0 aromatic carbocycles. The first kappa shape index (κ1) is 14.4. The van der Waals surface area contributed by atoms with E-state index in [0.29, 0.717) is 5.16 Å². The molecule has 2 heterocycles. The minimum absolute atomic E-state index is 0.0213. The number of nitrogens with one attached hydrogen (secondary N) is 1. The average molecular weight is 298 g/mol. The van der Waals surface area contributed by atoms with Crippen molar-refractivity contribution in [3.8, 4) is 0 Å². The SMILES string of the molecule is CC(N)C(Sc1n[nH]c(=O)n1C(C)C)c1ccsc1. The fourth-order valence-electron chi connectivity index (χ4n) is 1.86. The maximum atomic E-state index is 11.7. The van der Waals surface area contributed by atoms with Gasteiger partial charge in [0, 0.05) is 12.1 Å². The van der Waals surface area contributed by atoms with Crippen molar-refractivity contribution >= 4 is 23.1 Å². The number of nitrogens with zero attached hydrogens (tertiary/aromatic N) is 2. The molecule has 0 bridgehead atoms. The molecule has 0 saturated heterocycles. The number of thiophene rings is 1. The van der Waals surface area contributed by atoms with Crippen LogP contribution in [0.1, 0.15) is 37.6 Å². The Morgan fingerprint density at radius 1 is 1.47 bits per heavy atom. The summed E-state index contributed by atoms with van der Waals surface area (Å²) in [4.78, 5) is 11.7. The number of H-pyrrole nitrogens is 1. The van der Waals surface area contributed by atoms with Crippen LogP contribution in [0.2, 0.25) is 0 Å². The summed E-state index contributed by atoms with van der Waals surface area (Å²) in [5, 5.41) is 11.5. The van der Waals surface area contributed by atoms with Gasteiger partial charge in [0.1, 0.15) is 0 Å². The molecule has 2 rings (SSSR count). The topological polar surface area (TPSA) is 76.7 Å². The lowest BCUT2D eigenvalue weighted by atomic mass is 10.1. The third kappa shape index (κ3) is 3.10. The summed E-state index contributed by atoms with van der Waals surface area (Å²) in [5.41, 5.74) is 7.07. The molecule has 0 aliphatic rings. The molecule has 2 atom stereocenters. The number of thioether (sulfide) groups is 1. The summed E-state index contributed by atoms with van der Waals surface area (Å²) >= 11 is 3.18. The Bertz CT molecular complexity index is 571. The van der Waals surface area contributed by atoms with Gasteiger partial charge in [-0.05, 0) is 43.2 Å². The molecule has 104 valence electrons. The number of aromatic nitrogens is 3. The Balaban J connectivity index is 2.31. The zero-order chi connectivity index (χ0) is 14.0. The van der Waals surface area contributed by atoms with Gasteiger partial charge in [0.05, 0.1) is 5.25 Å². The predicted octanol–water partition coefficient (Wildman–Crippen LogP) is 2.39. The second kappa shape index (κ2) is 5.94. The van der Waals surface area contributed by atoms with Gasteiger partial charge in [-0.1, -0.05) is 11.8 Å². The smallest absolute Gasteiger partial charge is 0.327 e. The van der Waals surface area contributed by atoms with Gasteiger partial charge in [-0.2, -0.15) is 11.3 Å². The van der Waals surface area contributed by atoms with Crippen LogP contribution in [0.5, 0.6) is 0 Å². The van der Waals surface area contributed by atoms with Crippen LogP contribution in [0, 0.1) is 0 Å². The van der Waals surface area contributed by atoms with Crippen LogP contribution < -0.4 is 11.4 Å². The van der Waals surface area contributed by atoms with E-state index < -0.39 is 0 Å². The number of rotatable bonds is 5. The third-order valence-electron chi connectivity index (χ3n) is 2.77. The van der Waals surface area contributed by atoms with E-state index in [9.17, 15) is 4.79 Å². The molecule has 0 fully saturated rings. The highest BCUT2D eigenvalue weighted by Gasteiger charge is 2.22. The van der Waals surface area contributed by atoms with E-state index in [1.807, 2.05) is 26.2 Å². The molecule has 19 heavy (non-hydrogen) atoms. The lowest BCUT2D eigenvalue weighted by Gasteiger charge is -2.19. The van der Waals surface area contributed by atoms with Gasteiger partial charge in [-0.3, -0.25) is 4.57 Å². The standard InChI is InChI=1S/C12H18N4OS2/c1-7(2)16-11(17)14-15-12(16)19-10(8(3)13)9-4-5-18-6-9/h4-8,10H,13H2,1-3H3,(H,14,17). The first-order chi connectivity index (χ1) is 9.00. The minimum Gasteiger partial charge on any atom is -0.327 e. The van der Waals surface area contributed by atoms with Gasteiger partial charge in [0.2, 0.25) is 0 Å². The molecule has 0 aliphatic carbocycles. The fraction of sp³-hybridized carbons (Fsp3) is 0.500. The second-order valence-electron chi connectivity index (χ2n) is 4.73. The zero-order valence-corrected chi connectivity index (χ0v) is 12.8. The molecule has 0 spiro atoms. The lowest BCUT2D eigenvalue weighted by molar-refractivity contribution is 0.532. The third-order valence-corrected chi connectivity index (χ3v) is 4.93. The lowest BCUT2D eigenvalue weighted by Crippen LogP contribution is -2.24. The molecule has 0 saturated carbocycles. The predicted molar refractivity (Wildman–Crippen MR) is 79.8 cm³/mol. The van der Waals surface area contributed by atoms with Crippen molar-refractivity contribution < 1.29 is 0 Å². The molecular weight excluding hydrogens is 280 g/mol. The van der Waals surface area contributed by atoms with Crippen LogP contribution in [-0.4, -0.2) is 20.8 Å². The summed E-state index contributed by atoms with van der Waals surface area (Å²) in [7, 11) is 0. The van der Waals surface area contributed by atoms with E-state index in [0.717, 1.165) is 0 Å². The maximum Gasteiger partial charge on any atom is 0.344 e. The average Bonchev–Trinajstić information content (AvgIpc) is 2.94. The molecule has 0 radical (unpaired) electrons. The summed E-state index contributed by atoms with van der Waals surface area (Å²) in [5.74, 6) is 0. The Kier molecular flexibility index (Phi) is 4.49. The number of aromatic amines is 1. The second-order valence-corrected chi connectivity index (χ2v) is 6.62. The first-order valence-electron chi connectivity index (χ1n) is 6.12. The van der Waals surface area contributed by atoms with E-state index in [4.69, 9.17) is 5.73 Å². The first-order valence-corrected chi connectivity index (χ1v) is 7.94. The van der Waals surface area contributed by atoms with Crippen molar-refractivity contribution in [3.63, 3.8) is 0 Å². The summed E-state index contributed by atoms with van der Waals surface area (Å²) < 4.78 is 1.66. The highest BCUT2D eigenvalue weighted by molar-refractivity contribution is 7.99. The Hall–Kier alpha value is -1.05. The summed E-state index contributed by atoms with van der Waals surface area (Å²) in [6.07, 6.45) is 0. The quantitative estimate of drug-likeness (QED) is 0.831. The van der Waals surface area contributed by atoms with Crippen LogP contribution in [0.25, 0.3) is 0 Å². The normalized spacial score (nSPS) is 14.8. The molecule has 3 N–H and O–H groups in total. The Labute approximate surface area is 120 Å². The zero-order valence-electron chi connectivity index (χ0n) is 11.2. The van der Waals surface area contributed by atoms with Gasteiger partial charge in [-0.25, -0.2) is 9.89 Å². The van der Waals surface area contributed by atoms with E-state index in [1.54, 1.807) is 15.9 Å². The molecule has 7 heteroatoms. The van der Waals surface area contributed by atoms with Crippen molar-refractivity contribution in [2.45, 2.75) is 43.3 Å². The van der Waals surface area contributed by atoms with Crippen LogP contribution in [-0.2, 0) is 0 Å². The monoisotopic (exact) mass is 298 g/mol. The highest BCUT2D eigenvalue weighted by atomic mass is 32.2. The van der Waals surface area contributed by atoms with Gasteiger partial charge in [0.15, 0.2) is 5.16 Å². The van der Waals surface area contributed by atoms with Crippen molar-refractivity contribution in [2.75, 3.05) is 0 Å². The number of hydrogen-bond acceptors (Lipinski definition) is 5. The van der Waals surface area contributed by atoms with Crippen LogP contribution in [0.15, 0.2) is 26.8 Å². The van der Waals surface area contributed by atoms with Crippen LogP contribution >= 0.6 is 23.1 Å². The highest BCUT2D eigenvalue weighted by Crippen LogP contribution is 2.37. The van der Waals surface area contributed by atoms with Gasteiger partial charge in [-0.15, -0.1) is 5.10 Å². The molecule has 2 aromatic rings. The number of hydrogen-bond donors (Lipinski definition) is 2. The minimum atomic E-state index is -0.175. The van der Waals surface area contributed by atoms with Crippen molar-refractivity contribution in [1.29, 1.82) is 0 Å². The Morgan fingerprint density at radius 2 is 2.21 bits per heavy atom. The Morgan fingerprint density at radius 3 is 2.74 bits per heavy atom. The molecule has 0 aliphatic heterocycles. The molecule has 0 amide bonds. The molecule has 2 unspecified atom stereocenters. The van der Waals surface area contributed by atoms with E-state index in [1.165, 1.54) is 17.3 Å². The van der Waals surface area contributed by atoms with Crippen molar-refractivity contribution in [3.05, 3.63) is 32.9 Å². The number of nitrogens with two attached hydrogens (primary N) is 1. The van der Waals surface area contributed by atoms with Crippen LogP contribution in [0.4, 0.5) is 0 Å². The van der Waals surface area contributed by atoms with Gasteiger partial charge in [0.25, 0.3) is 0 Å². The van der Waals surface area contributed by atoms with Crippen molar-refractivity contribution in [2.24, 2.45) is 5.73 Å². The van der Waals surface area contributed by atoms with Gasteiger partial charge >= 0.3 is 5.69 Å². The van der Waals surface area contributed by atoms with Crippen molar-refractivity contribution in [1.82, 2.24) is 14.8 Å². The summed E-state index contributed by atoms with van der Waals surface area (Å²) in [6, 6.07) is 2.12. The maximum absolute atomic E-state index is 11.7. The molecule has 5 nitrogen and oxygen atoms in total. The van der Waals surface area contributed by atoms with Gasteiger partial charge < -0.3 is 5.73 Å². The van der Waals surface area contributed by atoms with E-state index in [-0.39, 0.29) is 23.0 Å². The molecular formula is C12H18N4OS2. The summed E-state index contributed by atoms with van der Waals surface area (Å²) in [6.45, 7) is 5.90. The van der Waals surface area contributed by atoms with Crippen LogP contribution in [0.3, 0.4) is 0 Å².